The number of aromatic nitrogens is 1. The van der Waals surface area contributed by atoms with E-state index < -0.39 is 0 Å². The van der Waals surface area contributed by atoms with Crippen LogP contribution in [-0.4, -0.2) is 22.2 Å². The first kappa shape index (κ1) is 14.1. The molecule has 2 aromatic rings. The minimum atomic E-state index is -0.182. The Morgan fingerprint density at radius 1 is 1.35 bits per heavy atom. The molecule has 0 atom stereocenters. The van der Waals surface area contributed by atoms with Crippen molar-refractivity contribution >= 4 is 17.3 Å². The molecule has 1 amide bonds. The fraction of sp³-hybridized carbons (Fsp3) is 0.267. The van der Waals surface area contributed by atoms with E-state index in [2.05, 4.69) is 5.32 Å². The van der Waals surface area contributed by atoms with Crippen LogP contribution in [0.2, 0.25) is 0 Å². The van der Waals surface area contributed by atoms with Crippen molar-refractivity contribution in [1.82, 2.24) is 4.57 Å². The summed E-state index contributed by atoms with van der Waals surface area (Å²) in [6.07, 6.45) is 2.36. The number of hydrogen-bond acceptors (Lipinski definition) is 3. The van der Waals surface area contributed by atoms with Crippen molar-refractivity contribution in [2.75, 3.05) is 17.7 Å². The number of carbonyl (C=O) groups excluding carboxylic acids is 1. The first-order valence-corrected chi connectivity index (χ1v) is 6.61. The average molecular weight is 273 g/mol. The maximum atomic E-state index is 12.2. The van der Waals surface area contributed by atoms with E-state index >= 15 is 0 Å². The zero-order valence-electron chi connectivity index (χ0n) is 11.5. The Morgan fingerprint density at radius 3 is 2.65 bits per heavy atom. The van der Waals surface area contributed by atoms with Gasteiger partial charge < -0.3 is 20.7 Å². The van der Waals surface area contributed by atoms with Gasteiger partial charge in [-0.3, -0.25) is 4.79 Å². The van der Waals surface area contributed by atoms with Crippen LogP contribution >= 0.6 is 0 Å². The normalized spacial score (nSPS) is 10.5. The summed E-state index contributed by atoms with van der Waals surface area (Å²) in [6.45, 7) is 2.77. The number of hydrogen-bond donors (Lipinski definition) is 3. The summed E-state index contributed by atoms with van der Waals surface area (Å²) in [4.78, 5) is 12.2. The number of nitrogen functional groups attached to an aromatic ring is 1. The van der Waals surface area contributed by atoms with Crippen LogP contribution < -0.4 is 11.1 Å². The number of aliphatic hydroxyl groups is 1. The molecule has 0 saturated heterocycles. The first-order chi connectivity index (χ1) is 9.63. The molecule has 0 saturated carbocycles. The summed E-state index contributed by atoms with van der Waals surface area (Å²) in [5.74, 6) is -0.182. The molecule has 1 heterocycles. The molecule has 0 unspecified atom stereocenters. The van der Waals surface area contributed by atoms with Gasteiger partial charge in [-0.1, -0.05) is 12.1 Å². The van der Waals surface area contributed by atoms with Gasteiger partial charge in [0, 0.05) is 25.0 Å². The first-order valence-electron chi connectivity index (χ1n) is 6.61. The lowest BCUT2D eigenvalue weighted by atomic mass is 10.1. The molecule has 0 fully saturated rings. The second-order valence-electron chi connectivity index (χ2n) is 4.57. The maximum absolute atomic E-state index is 12.2. The number of benzene rings is 1. The van der Waals surface area contributed by atoms with Crippen molar-refractivity contribution in [2.45, 2.75) is 19.9 Å². The van der Waals surface area contributed by atoms with Crippen LogP contribution in [0, 0.1) is 0 Å². The van der Waals surface area contributed by atoms with Crippen molar-refractivity contribution in [3.05, 3.63) is 47.8 Å². The number of aliphatic hydroxyl groups excluding tert-OH is 1. The second-order valence-corrected chi connectivity index (χ2v) is 4.57. The molecule has 0 radical (unpaired) electrons. The zero-order valence-corrected chi connectivity index (χ0v) is 11.5. The third-order valence-electron chi connectivity index (χ3n) is 3.10. The molecule has 0 spiro atoms. The van der Waals surface area contributed by atoms with Gasteiger partial charge in [-0.25, -0.2) is 0 Å². The van der Waals surface area contributed by atoms with Crippen molar-refractivity contribution in [2.24, 2.45) is 0 Å². The standard InChI is InChI=1S/C15H19N3O2/c1-2-18-10-12(16)9-14(18)15(20)17-13-5-3-11(4-6-13)7-8-19/h3-6,9-10,19H,2,7-8,16H2,1H3,(H,17,20). The Labute approximate surface area is 118 Å². The molecule has 5 heteroatoms. The Morgan fingerprint density at radius 2 is 2.05 bits per heavy atom. The summed E-state index contributed by atoms with van der Waals surface area (Å²) in [5.41, 5.74) is 8.59. The smallest absolute Gasteiger partial charge is 0.272 e. The number of aryl methyl sites for hydroxylation is 1. The molecule has 0 aliphatic heterocycles. The molecule has 1 aromatic carbocycles. The van der Waals surface area contributed by atoms with Crippen molar-refractivity contribution < 1.29 is 9.90 Å². The molecule has 5 nitrogen and oxygen atoms in total. The maximum Gasteiger partial charge on any atom is 0.272 e. The number of rotatable bonds is 5. The quantitative estimate of drug-likeness (QED) is 0.778. The molecule has 106 valence electrons. The molecule has 20 heavy (non-hydrogen) atoms. The van der Waals surface area contributed by atoms with E-state index in [1.807, 2.05) is 35.8 Å². The highest BCUT2D eigenvalue weighted by molar-refractivity contribution is 6.03. The molecule has 0 aliphatic carbocycles. The predicted molar refractivity (Wildman–Crippen MR) is 79.7 cm³/mol. The SMILES string of the molecule is CCn1cc(N)cc1C(=O)Nc1ccc(CCO)cc1. The lowest BCUT2D eigenvalue weighted by Crippen LogP contribution is -2.16. The molecule has 2 rings (SSSR count). The number of nitrogens with zero attached hydrogens (tertiary/aromatic N) is 1. The number of nitrogens with two attached hydrogens (primary N) is 1. The number of nitrogens with one attached hydrogen (secondary N) is 1. The van der Waals surface area contributed by atoms with E-state index in [0.717, 1.165) is 11.3 Å². The van der Waals surface area contributed by atoms with Crippen LogP contribution in [0.3, 0.4) is 0 Å². The summed E-state index contributed by atoms with van der Waals surface area (Å²) >= 11 is 0. The highest BCUT2D eigenvalue weighted by Gasteiger charge is 2.12. The summed E-state index contributed by atoms with van der Waals surface area (Å²) < 4.78 is 1.81. The van der Waals surface area contributed by atoms with Gasteiger partial charge in [0.25, 0.3) is 5.91 Å². The predicted octanol–water partition coefficient (Wildman–Crippen LogP) is 1.88. The highest BCUT2D eigenvalue weighted by atomic mass is 16.2. The van der Waals surface area contributed by atoms with Crippen molar-refractivity contribution in [3.63, 3.8) is 0 Å². The average Bonchev–Trinajstić information content (AvgIpc) is 2.82. The van der Waals surface area contributed by atoms with E-state index in [-0.39, 0.29) is 12.5 Å². The molecule has 4 N–H and O–H groups in total. The van der Waals surface area contributed by atoms with Crippen molar-refractivity contribution in [3.8, 4) is 0 Å². The Balaban J connectivity index is 2.10. The molecular weight excluding hydrogens is 254 g/mol. The number of carbonyl (C=O) groups is 1. The largest absolute Gasteiger partial charge is 0.397 e. The molecular formula is C15H19N3O2. The molecule has 0 bridgehead atoms. The summed E-state index contributed by atoms with van der Waals surface area (Å²) in [7, 11) is 0. The molecule has 1 aromatic heterocycles. The van der Waals surface area contributed by atoms with Gasteiger partial charge in [-0.15, -0.1) is 0 Å². The third-order valence-corrected chi connectivity index (χ3v) is 3.10. The van der Waals surface area contributed by atoms with Gasteiger partial charge in [0.15, 0.2) is 0 Å². The minimum Gasteiger partial charge on any atom is -0.397 e. The fourth-order valence-corrected chi connectivity index (χ4v) is 2.06. The van der Waals surface area contributed by atoms with Crippen LogP contribution in [0.25, 0.3) is 0 Å². The molecule has 0 aliphatic rings. The minimum absolute atomic E-state index is 0.120. The highest BCUT2D eigenvalue weighted by Crippen LogP contribution is 2.15. The fourth-order valence-electron chi connectivity index (χ4n) is 2.06. The van der Waals surface area contributed by atoms with Gasteiger partial charge in [-0.2, -0.15) is 0 Å². The monoisotopic (exact) mass is 273 g/mol. The van der Waals surface area contributed by atoms with E-state index in [9.17, 15) is 4.79 Å². The van der Waals surface area contributed by atoms with E-state index in [4.69, 9.17) is 10.8 Å². The van der Waals surface area contributed by atoms with E-state index in [1.54, 1.807) is 12.3 Å². The van der Waals surface area contributed by atoms with Crippen LogP contribution in [0.5, 0.6) is 0 Å². The third kappa shape index (κ3) is 3.19. The topological polar surface area (TPSA) is 80.3 Å². The number of amides is 1. The Hall–Kier alpha value is -2.27. The Bertz CT molecular complexity index is 588. The summed E-state index contributed by atoms with van der Waals surface area (Å²) in [5, 5.41) is 11.7. The van der Waals surface area contributed by atoms with Gasteiger partial charge >= 0.3 is 0 Å². The van der Waals surface area contributed by atoms with Gasteiger partial charge in [0.05, 0.1) is 5.69 Å². The zero-order chi connectivity index (χ0) is 14.5. The van der Waals surface area contributed by atoms with Gasteiger partial charge in [-0.05, 0) is 37.1 Å². The lowest BCUT2D eigenvalue weighted by molar-refractivity contribution is 0.101. The van der Waals surface area contributed by atoms with Crippen LogP contribution in [0.15, 0.2) is 36.5 Å². The van der Waals surface area contributed by atoms with Crippen LogP contribution in [0.4, 0.5) is 11.4 Å². The van der Waals surface area contributed by atoms with Crippen molar-refractivity contribution in [1.29, 1.82) is 0 Å². The van der Waals surface area contributed by atoms with Crippen LogP contribution in [-0.2, 0) is 13.0 Å². The number of anilines is 2. The van der Waals surface area contributed by atoms with Gasteiger partial charge in [0.2, 0.25) is 0 Å². The van der Waals surface area contributed by atoms with E-state index in [0.29, 0.717) is 24.3 Å². The van der Waals surface area contributed by atoms with Crippen LogP contribution in [0.1, 0.15) is 23.0 Å². The van der Waals surface area contributed by atoms with E-state index in [1.165, 1.54) is 0 Å². The lowest BCUT2D eigenvalue weighted by Gasteiger charge is -2.08. The Kier molecular flexibility index (Phi) is 4.42. The summed E-state index contributed by atoms with van der Waals surface area (Å²) in [6, 6.07) is 9.09. The second kappa shape index (κ2) is 6.25. The van der Waals surface area contributed by atoms with Gasteiger partial charge in [0.1, 0.15) is 5.69 Å².